The van der Waals surface area contributed by atoms with Gasteiger partial charge in [-0.3, -0.25) is 0 Å². The molecule has 0 spiro atoms. The molecular weight excluding hydrogens is 252 g/mol. The van der Waals surface area contributed by atoms with Gasteiger partial charge < -0.3 is 15.0 Å². The van der Waals surface area contributed by atoms with Crippen molar-refractivity contribution < 1.29 is 4.74 Å². The number of aromatic amines is 1. The van der Waals surface area contributed by atoms with Crippen molar-refractivity contribution >= 4 is 16.9 Å². The van der Waals surface area contributed by atoms with E-state index in [1.807, 2.05) is 12.1 Å². The highest BCUT2D eigenvalue weighted by Gasteiger charge is 2.13. The first-order valence-electron chi connectivity index (χ1n) is 6.61. The predicted octanol–water partition coefficient (Wildman–Crippen LogP) is 2.60. The van der Waals surface area contributed by atoms with Crippen LogP contribution in [0.1, 0.15) is 5.56 Å². The number of hydrogen-bond donors (Lipinski definition) is 2. The summed E-state index contributed by atoms with van der Waals surface area (Å²) in [5.41, 5.74) is 5.22. The van der Waals surface area contributed by atoms with Crippen molar-refractivity contribution in [2.75, 3.05) is 19.0 Å². The zero-order valence-corrected chi connectivity index (χ0v) is 11.1. The number of nitrogens with one attached hydrogen (secondary N) is 2. The number of rotatable bonds is 2. The Hall–Kier alpha value is -2.56. The molecule has 2 N–H and O–H groups in total. The zero-order chi connectivity index (χ0) is 13.5. The minimum absolute atomic E-state index is 0.575. The Kier molecular flexibility index (Phi) is 2.39. The third kappa shape index (κ3) is 1.71. The second-order valence-corrected chi connectivity index (χ2v) is 4.86. The van der Waals surface area contributed by atoms with Crippen molar-refractivity contribution in [1.82, 2.24) is 15.0 Å². The Labute approximate surface area is 116 Å². The Morgan fingerprint density at radius 2 is 2.10 bits per heavy atom. The fourth-order valence-corrected chi connectivity index (χ4v) is 2.56. The van der Waals surface area contributed by atoms with E-state index in [1.54, 1.807) is 7.11 Å². The van der Waals surface area contributed by atoms with Crippen LogP contribution in [0.2, 0.25) is 0 Å². The quantitative estimate of drug-likeness (QED) is 0.748. The maximum Gasteiger partial charge on any atom is 0.215 e. The van der Waals surface area contributed by atoms with Crippen molar-refractivity contribution in [3.63, 3.8) is 0 Å². The van der Waals surface area contributed by atoms with Gasteiger partial charge in [0.1, 0.15) is 5.82 Å². The molecule has 1 aliphatic rings. The molecule has 1 aliphatic heterocycles. The van der Waals surface area contributed by atoms with Crippen LogP contribution in [0.25, 0.3) is 22.6 Å². The van der Waals surface area contributed by atoms with E-state index < -0.39 is 0 Å². The standard InChI is InChI=1S/C15H14N4O/c1-20-13-5-4-11-15(18-13)19-14(17-11)10-3-2-9-6-7-16-12(9)8-10/h2-5,8,16H,6-7H2,1H3,(H,17,18,19). The van der Waals surface area contributed by atoms with E-state index >= 15 is 0 Å². The molecule has 4 rings (SSSR count). The lowest BCUT2D eigenvalue weighted by atomic mass is 10.1. The van der Waals surface area contributed by atoms with Gasteiger partial charge in [0, 0.05) is 23.9 Å². The van der Waals surface area contributed by atoms with Crippen LogP contribution in [0.4, 0.5) is 5.69 Å². The Morgan fingerprint density at radius 1 is 1.15 bits per heavy atom. The van der Waals surface area contributed by atoms with E-state index in [4.69, 9.17) is 4.74 Å². The van der Waals surface area contributed by atoms with Crippen molar-refractivity contribution in [3.05, 3.63) is 35.9 Å². The number of pyridine rings is 1. The van der Waals surface area contributed by atoms with Gasteiger partial charge in [0.05, 0.1) is 12.6 Å². The van der Waals surface area contributed by atoms with Gasteiger partial charge in [-0.25, -0.2) is 4.98 Å². The van der Waals surface area contributed by atoms with Crippen LogP contribution in [0.3, 0.4) is 0 Å². The van der Waals surface area contributed by atoms with Crippen LogP contribution in [-0.4, -0.2) is 28.6 Å². The van der Waals surface area contributed by atoms with Crippen LogP contribution in [0.15, 0.2) is 30.3 Å². The number of nitrogens with zero attached hydrogens (tertiary/aromatic N) is 2. The van der Waals surface area contributed by atoms with Gasteiger partial charge >= 0.3 is 0 Å². The number of H-pyrrole nitrogens is 1. The number of benzene rings is 1. The normalized spacial score (nSPS) is 13.2. The van der Waals surface area contributed by atoms with Crippen molar-refractivity contribution in [3.8, 4) is 17.3 Å². The molecule has 1 aromatic carbocycles. The number of anilines is 1. The molecule has 0 unspecified atom stereocenters. The van der Waals surface area contributed by atoms with E-state index in [1.165, 1.54) is 11.3 Å². The molecule has 3 heterocycles. The van der Waals surface area contributed by atoms with Crippen LogP contribution >= 0.6 is 0 Å². The summed E-state index contributed by atoms with van der Waals surface area (Å²) in [6, 6.07) is 10.2. The highest BCUT2D eigenvalue weighted by molar-refractivity contribution is 5.77. The molecule has 0 amide bonds. The summed E-state index contributed by atoms with van der Waals surface area (Å²) in [7, 11) is 1.61. The van der Waals surface area contributed by atoms with Crippen LogP contribution < -0.4 is 10.1 Å². The molecule has 0 atom stereocenters. The van der Waals surface area contributed by atoms with Gasteiger partial charge in [-0.2, -0.15) is 4.98 Å². The van der Waals surface area contributed by atoms with Crippen molar-refractivity contribution in [2.24, 2.45) is 0 Å². The molecule has 0 radical (unpaired) electrons. The van der Waals surface area contributed by atoms with Crippen molar-refractivity contribution in [2.45, 2.75) is 6.42 Å². The lowest BCUT2D eigenvalue weighted by Gasteiger charge is -2.02. The second kappa shape index (κ2) is 4.23. The molecule has 5 heteroatoms. The smallest absolute Gasteiger partial charge is 0.215 e. The van der Waals surface area contributed by atoms with Gasteiger partial charge in [-0.15, -0.1) is 0 Å². The van der Waals surface area contributed by atoms with Crippen LogP contribution in [0, 0.1) is 0 Å². The molecule has 100 valence electrons. The average molecular weight is 266 g/mol. The maximum absolute atomic E-state index is 5.12. The van der Waals surface area contributed by atoms with Crippen LogP contribution in [0.5, 0.6) is 5.88 Å². The topological polar surface area (TPSA) is 62.8 Å². The number of methoxy groups -OCH3 is 1. The number of ether oxygens (including phenoxy) is 1. The summed E-state index contributed by atoms with van der Waals surface area (Å²) < 4.78 is 5.12. The van der Waals surface area contributed by atoms with E-state index in [0.717, 1.165) is 29.9 Å². The SMILES string of the molecule is COc1ccc2[nH]c(-c3ccc4c(c3)NCC4)nc2n1. The van der Waals surface area contributed by atoms with E-state index in [-0.39, 0.29) is 0 Å². The van der Waals surface area contributed by atoms with Gasteiger partial charge in [0.2, 0.25) is 5.88 Å². The summed E-state index contributed by atoms with van der Waals surface area (Å²) >= 11 is 0. The molecule has 0 saturated heterocycles. The molecule has 20 heavy (non-hydrogen) atoms. The first-order valence-corrected chi connectivity index (χ1v) is 6.61. The van der Waals surface area contributed by atoms with Crippen LogP contribution in [-0.2, 0) is 6.42 Å². The minimum atomic E-state index is 0.575. The van der Waals surface area contributed by atoms with Gasteiger partial charge in [-0.05, 0) is 24.1 Å². The fraction of sp³-hybridized carbons (Fsp3) is 0.200. The number of fused-ring (bicyclic) bond motifs is 2. The highest BCUT2D eigenvalue weighted by Crippen LogP contribution is 2.28. The molecule has 2 aromatic heterocycles. The summed E-state index contributed by atoms with van der Waals surface area (Å²) in [5, 5.41) is 3.38. The fourth-order valence-electron chi connectivity index (χ4n) is 2.56. The summed E-state index contributed by atoms with van der Waals surface area (Å²) in [5.74, 6) is 1.41. The molecule has 0 aliphatic carbocycles. The summed E-state index contributed by atoms with van der Waals surface area (Å²) in [6.07, 6.45) is 1.09. The average Bonchev–Trinajstić information content (AvgIpc) is 3.11. The van der Waals surface area contributed by atoms with Gasteiger partial charge in [0.25, 0.3) is 0 Å². The number of imidazole rings is 1. The number of aromatic nitrogens is 3. The Balaban J connectivity index is 1.81. The first kappa shape index (κ1) is 11.3. The predicted molar refractivity (Wildman–Crippen MR) is 78.1 cm³/mol. The zero-order valence-electron chi connectivity index (χ0n) is 11.1. The minimum Gasteiger partial charge on any atom is -0.481 e. The monoisotopic (exact) mass is 266 g/mol. The Bertz CT molecular complexity index is 794. The summed E-state index contributed by atoms with van der Waals surface area (Å²) in [6.45, 7) is 1.01. The largest absolute Gasteiger partial charge is 0.481 e. The summed E-state index contributed by atoms with van der Waals surface area (Å²) in [4.78, 5) is 12.2. The van der Waals surface area contributed by atoms with E-state index in [9.17, 15) is 0 Å². The van der Waals surface area contributed by atoms with Gasteiger partial charge in [-0.1, -0.05) is 12.1 Å². The lowest BCUT2D eigenvalue weighted by Crippen LogP contribution is -1.91. The second-order valence-electron chi connectivity index (χ2n) is 4.86. The molecule has 0 bridgehead atoms. The highest BCUT2D eigenvalue weighted by atomic mass is 16.5. The van der Waals surface area contributed by atoms with E-state index in [2.05, 4.69) is 38.5 Å². The van der Waals surface area contributed by atoms with Crippen molar-refractivity contribution in [1.29, 1.82) is 0 Å². The third-order valence-electron chi connectivity index (χ3n) is 3.62. The Morgan fingerprint density at radius 3 is 3.00 bits per heavy atom. The van der Waals surface area contributed by atoms with Gasteiger partial charge in [0.15, 0.2) is 5.65 Å². The lowest BCUT2D eigenvalue weighted by molar-refractivity contribution is 0.399. The molecular formula is C15H14N4O. The third-order valence-corrected chi connectivity index (χ3v) is 3.62. The molecule has 3 aromatic rings. The molecule has 5 nitrogen and oxygen atoms in total. The maximum atomic E-state index is 5.12. The van der Waals surface area contributed by atoms with E-state index in [0.29, 0.717) is 11.5 Å². The first-order chi connectivity index (χ1) is 9.83. The number of hydrogen-bond acceptors (Lipinski definition) is 4. The molecule has 0 saturated carbocycles. The molecule has 0 fully saturated rings.